The Morgan fingerprint density at radius 1 is 1.43 bits per heavy atom. The number of anilines is 1. The highest BCUT2D eigenvalue weighted by Crippen LogP contribution is 2.33. The van der Waals surface area contributed by atoms with Crippen molar-refractivity contribution >= 4 is 39.6 Å². The lowest BCUT2D eigenvalue weighted by atomic mass is 10.3. The topological polar surface area (TPSA) is 84.0 Å². The number of hydrogen-bond donors (Lipinski definition) is 2. The number of thiazole rings is 2. The van der Waals surface area contributed by atoms with Gasteiger partial charge in [0.15, 0.2) is 10.1 Å². The van der Waals surface area contributed by atoms with E-state index in [1.807, 2.05) is 6.92 Å². The Balaban J connectivity index is 2.21. The van der Waals surface area contributed by atoms with Crippen molar-refractivity contribution in [1.29, 1.82) is 0 Å². The summed E-state index contributed by atoms with van der Waals surface area (Å²) in [7, 11) is 0. The van der Waals surface area contributed by atoms with Gasteiger partial charge < -0.3 is 10.6 Å². The summed E-state index contributed by atoms with van der Waals surface area (Å²) in [4.78, 5) is 32.3. The summed E-state index contributed by atoms with van der Waals surface area (Å²) in [5.74, 6) is -0.395. The number of rotatable bonds is 5. The maximum absolute atomic E-state index is 11.8. The zero-order valence-corrected chi connectivity index (χ0v) is 13.2. The molecule has 2 rings (SSSR count). The fourth-order valence-corrected chi connectivity index (χ4v) is 3.33. The van der Waals surface area contributed by atoms with Crippen molar-refractivity contribution < 1.29 is 9.59 Å². The van der Waals surface area contributed by atoms with E-state index >= 15 is 0 Å². The smallest absolute Gasteiger partial charge is 0.280 e. The highest BCUT2D eigenvalue weighted by molar-refractivity contribution is 7.19. The van der Waals surface area contributed by atoms with Crippen molar-refractivity contribution in [2.24, 2.45) is 0 Å². The fraction of sp³-hybridized carbons (Fsp3) is 0.231. The normalized spacial score (nSPS) is 10.2. The molecule has 0 aliphatic carbocycles. The van der Waals surface area contributed by atoms with E-state index in [-0.39, 0.29) is 11.8 Å². The van der Waals surface area contributed by atoms with E-state index in [4.69, 9.17) is 0 Å². The molecule has 0 radical (unpaired) electrons. The number of hydrogen-bond acceptors (Lipinski definition) is 6. The second-order valence-corrected chi connectivity index (χ2v) is 6.01. The molecule has 2 heterocycles. The molecule has 21 heavy (non-hydrogen) atoms. The van der Waals surface area contributed by atoms with Crippen LogP contribution in [0.3, 0.4) is 0 Å². The summed E-state index contributed by atoms with van der Waals surface area (Å²) in [6.45, 7) is 7.22. The molecule has 0 spiro atoms. The minimum Gasteiger partial charge on any atom is -0.347 e. The third-order valence-electron chi connectivity index (χ3n) is 2.42. The number of carbonyl (C=O) groups is 2. The highest BCUT2D eigenvalue weighted by atomic mass is 32.1. The molecule has 0 aliphatic heterocycles. The van der Waals surface area contributed by atoms with Gasteiger partial charge in [-0.25, -0.2) is 9.97 Å². The van der Waals surface area contributed by atoms with Crippen molar-refractivity contribution in [3.05, 3.63) is 28.7 Å². The summed E-state index contributed by atoms with van der Waals surface area (Å²) in [5.41, 5.74) is 1.46. The molecule has 0 bridgehead atoms. The van der Waals surface area contributed by atoms with Crippen LogP contribution in [-0.2, 0) is 4.79 Å². The van der Waals surface area contributed by atoms with E-state index in [1.54, 1.807) is 11.5 Å². The number of nitrogens with zero attached hydrogens (tertiary/aromatic N) is 2. The van der Waals surface area contributed by atoms with Gasteiger partial charge in [0.2, 0.25) is 5.91 Å². The molecule has 6 nitrogen and oxygen atoms in total. The highest BCUT2D eigenvalue weighted by Gasteiger charge is 2.16. The van der Waals surface area contributed by atoms with Crippen molar-refractivity contribution in [2.75, 3.05) is 11.9 Å². The second-order valence-electron chi connectivity index (χ2n) is 4.15. The quantitative estimate of drug-likeness (QED) is 0.828. The average molecular weight is 322 g/mol. The molecule has 110 valence electrons. The summed E-state index contributed by atoms with van der Waals surface area (Å²) in [6.07, 6.45) is 1.61. The molecular formula is C13H14N4O2S2. The van der Waals surface area contributed by atoms with Crippen LogP contribution in [0.25, 0.3) is 10.6 Å². The lowest BCUT2D eigenvalue weighted by Crippen LogP contribution is -2.22. The van der Waals surface area contributed by atoms with Gasteiger partial charge in [0.05, 0.1) is 16.3 Å². The maximum Gasteiger partial charge on any atom is 0.280 e. The second kappa shape index (κ2) is 6.59. The molecule has 0 aromatic carbocycles. The minimum atomic E-state index is -0.226. The van der Waals surface area contributed by atoms with Crippen LogP contribution in [0.2, 0.25) is 0 Å². The van der Waals surface area contributed by atoms with Gasteiger partial charge in [0.1, 0.15) is 0 Å². The van der Waals surface area contributed by atoms with Crippen LogP contribution >= 0.6 is 22.7 Å². The third kappa shape index (κ3) is 3.73. The number of nitrogens with one attached hydrogen (secondary N) is 2. The van der Waals surface area contributed by atoms with Gasteiger partial charge in [0, 0.05) is 18.8 Å². The molecule has 2 N–H and O–H groups in total. The van der Waals surface area contributed by atoms with Crippen LogP contribution in [0, 0.1) is 6.92 Å². The number of aryl methyl sites for hydroxylation is 1. The molecule has 0 aliphatic rings. The van der Waals surface area contributed by atoms with Crippen LogP contribution in [0.1, 0.15) is 22.4 Å². The van der Waals surface area contributed by atoms with Gasteiger partial charge in [-0.05, 0) is 6.92 Å². The van der Waals surface area contributed by atoms with Gasteiger partial charge in [-0.1, -0.05) is 17.4 Å². The van der Waals surface area contributed by atoms with Gasteiger partial charge >= 0.3 is 0 Å². The third-order valence-corrected chi connectivity index (χ3v) is 4.35. The van der Waals surface area contributed by atoms with Crippen LogP contribution in [-0.4, -0.2) is 28.3 Å². The van der Waals surface area contributed by atoms with Gasteiger partial charge in [-0.15, -0.1) is 17.9 Å². The zero-order chi connectivity index (χ0) is 15.4. The molecule has 0 unspecified atom stereocenters. The lowest BCUT2D eigenvalue weighted by molar-refractivity contribution is -0.114. The molecule has 8 heteroatoms. The lowest BCUT2D eigenvalue weighted by Gasteiger charge is -1.96. The number of aromatic nitrogens is 2. The van der Waals surface area contributed by atoms with E-state index < -0.39 is 0 Å². The standard InChI is InChI=1S/C13H14N4O2S2/c1-4-5-14-11(19)12-17-9(6-20-12)10-7(2)15-13(21-10)16-8(3)18/h4,6H,1,5H2,2-3H3,(H,14,19)(H,15,16,18). The Hall–Kier alpha value is -2.06. The minimum absolute atomic E-state index is 0.168. The van der Waals surface area contributed by atoms with Crippen molar-refractivity contribution in [1.82, 2.24) is 15.3 Å². The molecule has 2 aromatic heterocycles. The fourth-order valence-electron chi connectivity index (χ4n) is 1.56. The summed E-state index contributed by atoms with van der Waals surface area (Å²) < 4.78 is 0. The van der Waals surface area contributed by atoms with E-state index in [0.717, 1.165) is 10.6 Å². The van der Waals surface area contributed by atoms with Gasteiger partial charge in [0.25, 0.3) is 5.91 Å². The summed E-state index contributed by atoms with van der Waals surface area (Å²) >= 11 is 2.61. The van der Waals surface area contributed by atoms with Crippen LogP contribution < -0.4 is 10.6 Å². The first-order valence-electron chi connectivity index (χ1n) is 6.11. The van der Waals surface area contributed by atoms with Crippen LogP contribution in [0.5, 0.6) is 0 Å². The molecular weight excluding hydrogens is 308 g/mol. The van der Waals surface area contributed by atoms with Gasteiger partial charge in [-0.3, -0.25) is 9.59 Å². The molecule has 0 fully saturated rings. The summed E-state index contributed by atoms with van der Waals surface area (Å²) in [6, 6.07) is 0. The number of amides is 2. The number of carbonyl (C=O) groups excluding carboxylic acids is 2. The molecule has 0 saturated heterocycles. The Bertz CT molecular complexity index is 690. The van der Waals surface area contributed by atoms with E-state index in [1.165, 1.54) is 29.6 Å². The van der Waals surface area contributed by atoms with Gasteiger partial charge in [-0.2, -0.15) is 0 Å². The largest absolute Gasteiger partial charge is 0.347 e. The Morgan fingerprint density at radius 2 is 2.19 bits per heavy atom. The maximum atomic E-state index is 11.8. The van der Waals surface area contributed by atoms with Crippen molar-refractivity contribution in [3.63, 3.8) is 0 Å². The van der Waals surface area contributed by atoms with Crippen molar-refractivity contribution in [3.8, 4) is 10.6 Å². The van der Waals surface area contributed by atoms with Crippen LogP contribution in [0.4, 0.5) is 5.13 Å². The predicted octanol–water partition coefficient (Wildman–Crippen LogP) is 2.45. The van der Waals surface area contributed by atoms with E-state index in [0.29, 0.717) is 22.4 Å². The predicted molar refractivity (Wildman–Crippen MR) is 84.8 cm³/mol. The molecule has 2 aromatic rings. The Kier molecular flexibility index (Phi) is 4.81. The molecule has 0 saturated carbocycles. The van der Waals surface area contributed by atoms with E-state index in [9.17, 15) is 9.59 Å². The molecule has 2 amide bonds. The zero-order valence-electron chi connectivity index (χ0n) is 11.6. The first-order chi connectivity index (χ1) is 10.0. The first-order valence-corrected chi connectivity index (χ1v) is 7.81. The summed E-state index contributed by atoms with van der Waals surface area (Å²) in [5, 5.41) is 8.05. The first kappa shape index (κ1) is 15.3. The average Bonchev–Trinajstić information content (AvgIpc) is 3.02. The van der Waals surface area contributed by atoms with E-state index in [2.05, 4.69) is 27.2 Å². The SMILES string of the molecule is C=CCNC(=O)c1nc(-c2sc(NC(C)=O)nc2C)cs1. The van der Waals surface area contributed by atoms with Crippen molar-refractivity contribution in [2.45, 2.75) is 13.8 Å². The Labute approximate surface area is 129 Å². The monoisotopic (exact) mass is 322 g/mol. The van der Waals surface area contributed by atoms with Crippen LogP contribution in [0.15, 0.2) is 18.0 Å². The Morgan fingerprint density at radius 3 is 2.86 bits per heavy atom. The molecule has 0 atom stereocenters.